The number of likely N-dealkylation sites (tertiary alicyclic amines) is 1. The molecule has 0 spiro atoms. The van der Waals surface area contributed by atoms with Gasteiger partial charge in [-0.2, -0.15) is 0 Å². The molecule has 2 rings (SSSR count). The highest BCUT2D eigenvalue weighted by atomic mass is 16.5. The maximum Gasteiger partial charge on any atom is 0.242 e. The van der Waals surface area contributed by atoms with Crippen LogP contribution in [0.1, 0.15) is 33.6 Å². The number of hydrogen-bond donors (Lipinski definition) is 0. The van der Waals surface area contributed by atoms with Crippen molar-refractivity contribution in [3.05, 3.63) is 24.3 Å². The van der Waals surface area contributed by atoms with Gasteiger partial charge in [0.1, 0.15) is 12.3 Å². The predicted octanol–water partition coefficient (Wildman–Crippen LogP) is 2.70. The summed E-state index contributed by atoms with van der Waals surface area (Å²) in [5.74, 6) is 1.32. The van der Waals surface area contributed by atoms with E-state index in [4.69, 9.17) is 4.74 Å². The lowest BCUT2D eigenvalue weighted by Crippen LogP contribution is -2.45. The molecule has 0 atom stereocenters. The number of rotatable bonds is 5. The molecule has 1 fully saturated rings. The molecule has 1 heterocycles. The van der Waals surface area contributed by atoms with Gasteiger partial charge in [0.2, 0.25) is 11.8 Å². The Kier molecular flexibility index (Phi) is 6.02. The molecule has 0 N–H and O–H groups in total. The Hall–Kier alpha value is -2.04. The summed E-state index contributed by atoms with van der Waals surface area (Å²) in [5.41, 5.74) is 0.722. The van der Waals surface area contributed by atoms with Crippen LogP contribution in [-0.2, 0) is 9.59 Å². The molecule has 0 aromatic heterocycles. The van der Waals surface area contributed by atoms with Crippen molar-refractivity contribution in [1.82, 2.24) is 4.90 Å². The first-order valence-corrected chi connectivity index (χ1v) is 8.30. The van der Waals surface area contributed by atoms with Gasteiger partial charge in [-0.15, -0.1) is 0 Å². The first-order valence-electron chi connectivity index (χ1n) is 8.30. The zero-order valence-electron chi connectivity index (χ0n) is 14.2. The topological polar surface area (TPSA) is 49.9 Å². The van der Waals surface area contributed by atoms with E-state index in [2.05, 4.69) is 6.92 Å². The lowest BCUT2D eigenvalue weighted by molar-refractivity contribution is -0.132. The predicted molar refractivity (Wildman–Crippen MR) is 90.6 cm³/mol. The van der Waals surface area contributed by atoms with Gasteiger partial charge in [0, 0.05) is 25.7 Å². The maximum atomic E-state index is 12.5. The number of carbonyl (C=O) groups excluding carboxylic acids is 2. The van der Waals surface area contributed by atoms with Crippen molar-refractivity contribution in [2.45, 2.75) is 33.6 Å². The molecule has 1 saturated heterocycles. The lowest BCUT2D eigenvalue weighted by atomic mass is 9.99. The van der Waals surface area contributed by atoms with Gasteiger partial charge in [-0.1, -0.05) is 6.92 Å². The van der Waals surface area contributed by atoms with Crippen molar-refractivity contribution < 1.29 is 14.3 Å². The van der Waals surface area contributed by atoms with Crippen molar-refractivity contribution in [3.63, 3.8) is 0 Å². The van der Waals surface area contributed by atoms with Crippen LogP contribution in [0.4, 0.5) is 5.69 Å². The Morgan fingerprint density at radius 1 is 1.22 bits per heavy atom. The zero-order valence-corrected chi connectivity index (χ0v) is 14.2. The number of carbonyl (C=O) groups is 2. The van der Waals surface area contributed by atoms with Crippen LogP contribution in [-0.4, -0.2) is 43.0 Å². The number of ether oxygens (including phenoxy) is 1. The van der Waals surface area contributed by atoms with Gasteiger partial charge in [0.05, 0.1) is 6.61 Å². The van der Waals surface area contributed by atoms with E-state index in [1.165, 1.54) is 11.8 Å². The van der Waals surface area contributed by atoms with E-state index in [1.807, 2.05) is 36.1 Å². The Morgan fingerprint density at radius 3 is 2.35 bits per heavy atom. The summed E-state index contributed by atoms with van der Waals surface area (Å²) in [6, 6.07) is 7.28. The molecule has 0 aliphatic carbocycles. The SMILES string of the molecule is CCOc1ccc(N(CC(=O)N2CCC(C)CC2)C(C)=O)cc1. The van der Waals surface area contributed by atoms with Crippen LogP contribution in [0.3, 0.4) is 0 Å². The van der Waals surface area contributed by atoms with Gasteiger partial charge in [-0.25, -0.2) is 0 Å². The standard InChI is InChI=1S/C18H26N2O3/c1-4-23-17-7-5-16(6-8-17)20(15(3)21)13-18(22)19-11-9-14(2)10-12-19/h5-8,14H,4,9-13H2,1-3H3. The van der Waals surface area contributed by atoms with E-state index in [0.717, 1.165) is 37.4 Å². The summed E-state index contributed by atoms with van der Waals surface area (Å²) in [7, 11) is 0. The molecule has 0 saturated carbocycles. The quantitative estimate of drug-likeness (QED) is 0.839. The number of amides is 2. The van der Waals surface area contributed by atoms with E-state index < -0.39 is 0 Å². The second-order valence-corrected chi connectivity index (χ2v) is 6.10. The Morgan fingerprint density at radius 2 is 1.83 bits per heavy atom. The van der Waals surface area contributed by atoms with Crippen LogP contribution < -0.4 is 9.64 Å². The maximum absolute atomic E-state index is 12.5. The largest absolute Gasteiger partial charge is 0.494 e. The van der Waals surface area contributed by atoms with Gasteiger partial charge in [0.15, 0.2) is 0 Å². The van der Waals surface area contributed by atoms with Crippen molar-refractivity contribution in [2.24, 2.45) is 5.92 Å². The third kappa shape index (κ3) is 4.71. The molecule has 1 aromatic carbocycles. The minimum atomic E-state index is -0.132. The Bertz CT molecular complexity index is 534. The molecule has 0 unspecified atom stereocenters. The van der Waals surface area contributed by atoms with Crippen molar-refractivity contribution >= 4 is 17.5 Å². The van der Waals surface area contributed by atoms with Gasteiger partial charge in [-0.3, -0.25) is 9.59 Å². The zero-order chi connectivity index (χ0) is 16.8. The molecule has 5 nitrogen and oxygen atoms in total. The molecule has 23 heavy (non-hydrogen) atoms. The summed E-state index contributed by atoms with van der Waals surface area (Å²) < 4.78 is 5.41. The monoisotopic (exact) mass is 318 g/mol. The lowest BCUT2D eigenvalue weighted by Gasteiger charge is -2.32. The van der Waals surface area contributed by atoms with Gasteiger partial charge in [-0.05, 0) is 49.9 Å². The minimum absolute atomic E-state index is 0.0148. The van der Waals surface area contributed by atoms with Gasteiger partial charge < -0.3 is 14.5 Å². The van der Waals surface area contributed by atoms with Crippen molar-refractivity contribution in [1.29, 1.82) is 0 Å². The van der Waals surface area contributed by atoms with Crippen LogP contribution >= 0.6 is 0 Å². The van der Waals surface area contributed by atoms with Crippen LogP contribution in [0.5, 0.6) is 5.75 Å². The summed E-state index contributed by atoms with van der Waals surface area (Å²) >= 11 is 0. The molecule has 5 heteroatoms. The van der Waals surface area contributed by atoms with Crippen molar-refractivity contribution in [2.75, 3.05) is 31.1 Å². The van der Waals surface area contributed by atoms with E-state index in [0.29, 0.717) is 12.5 Å². The minimum Gasteiger partial charge on any atom is -0.494 e. The third-order valence-electron chi connectivity index (χ3n) is 4.27. The highest BCUT2D eigenvalue weighted by molar-refractivity contribution is 5.97. The molecule has 1 aromatic rings. The van der Waals surface area contributed by atoms with Gasteiger partial charge in [0.25, 0.3) is 0 Å². The number of hydrogen-bond acceptors (Lipinski definition) is 3. The van der Waals surface area contributed by atoms with Crippen LogP contribution in [0.15, 0.2) is 24.3 Å². The normalized spacial score (nSPS) is 15.3. The molecule has 0 radical (unpaired) electrons. The molecule has 126 valence electrons. The molecular formula is C18H26N2O3. The summed E-state index contributed by atoms with van der Waals surface area (Å²) in [6.07, 6.45) is 2.07. The van der Waals surface area contributed by atoms with Crippen LogP contribution in [0.2, 0.25) is 0 Å². The fourth-order valence-corrected chi connectivity index (χ4v) is 2.77. The summed E-state index contributed by atoms with van der Waals surface area (Å²) in [4.78, 5) is 27.8. The Balaban J connectivity index is 2.03. The van der Waals surface area contributed by atoms with Crippen LogP contribution in [0, 0.1) is 5.92 Å². The number of anilines is 1. The fraction of sp³-hybridized carbons (Fsp3) is 0.556. The molecule has 1 aliphatic heterocycles. The van der Waals surface area contributed by atoms with E-state index in [-0.39, 0.29) is 18.4 Å². The Labute approximate surface area is 138 Å². The average Bonchev–Trinajstić information content (AvgIpc) is 2.54. The fourth-order valence-electron chi connectivity index (χ4n) is 2.77. The van der Waals surface area contributed by atoms with Crippen LogP contribution in [0.25, 0.3) is 0 Å². The molecule has 0 bridgehead atoms. The molecule has 1 aliphatic rings. The second-order valence-electron chi connectivity index (χ2n) is 6.10. The van der Waals surface area contributed by atoms with E-state index >= 15 is 0 Å². The smallest absolute Gasteiger partial charge is 0.242 e. The highest BCUT2D eigenvalue weighted by Crippen LogP contribution is 2.21. The van der Waals surface area contributed by atoms with E-state index in [9.17, 15) is 9.59 Å². The number of benzene rings is 1. The van der Waals surface area contributed by atoms with Crippen molar-refractivity contribution in [3.8, 4) is 5.75 Å². The van der Waals surface area contributed by atoms with E-state index in [1.54, 1.807) is 0 Å². The van der Waals surface area contributed by atoms with Gasteiger partial charge >= 0.3 is 0 Å². The summed E-state index contributed by atoms with van der Waals surface area (Å²) in [5, 5.41) is 0. The number of piperidine rings is 1. The highest BCUT2D eigenvalue weighted by Gasteiger charge is 2.23. The number of nitrogens with zero attached hydrogens (tertiary/aromatic N) is 2. The third-order valence-corrected chi connectivity index (χ3v) is 4.27. The second kappa shape index (κ2) is 7.99. The average molecular weight is 318 g/mol. The first kappa shape index (κ1) is 17.3. The molecular weight excluding hydrogens is 292 g/mol. The summed E-state index contributed by atoms with van der Waals surface area (Å²) in [6.45, 7) is 7.89. The molecule has 2 amide bonds. The first-order chi connectivity index (χ1) is 11.0.